The standard InChI is InChI=1S/C11H21N5O2S/c1-13(2)6-11-8-15(19(17,18)14(3)4)7-10-5-12-9-16(10)11/h5,9,11H,6-8H2,1-4H3/t11-/m0/s1. The number of hydrogen-bond acceptors (Lipinski definition) is 4. The van der Waals surface area contributed by atoms with Gasteiger partial charge in [-0.25, -0.2) is 4.98 Å². The van der Waals surface area contributed by atoms with Gasteiger partial charge in [-0.15, -0.1) is 0 Å². The predicted molar refractivity (Wildman–Crippen MR) is 72.8 cm³/mol. The lowest BCUT2D eigenvalue weighted by atomic mass is 10.2. The van der Waals surface area contributed by atoms with Crippen LogP contribution in [0.3, 0.4) is 0 Å². The van der Waals surface area contributed by atoms with Crippen molar-refractivity contribution >= 4 is 10.2 Å². The Hall–Kier alpha value is -0.960. The van der Waals surface area contributed by atoms with Crippen LogP contribution in [0.1, 0.15) is 11.7 Å². The Morgan fingerprint density at radius 3 is 2.63 bits per heavy atom. The minimum atomic E-state index is -3.38. The van der Waals surface area contributed by atoms with Gasteiger partial charge in [0, 0.05) is 33.4 Å². The SMILES string of the molecule is CN(C)C[C@H]1CN(S(=O)(=O)N(C)C)Cc2cncn21. The Morgan fingerprint density at radius 1 is 1.37 bits per heavy atom. The molecule has 0 saturated carbocycles. The first-order chi connectivity index (χ1) is 8.82. The zero-order valence-corrected chi connectivity index (χ0v) is 12.6. The monoisotopic (exact) mass is 287 g/mol. The van der Waals surface area contributed by atoms with Crippen molar-refractivity contribution in [3.8, 4) is 0 Å². The topological polar surface area (TPSA) is 61.7 Å². The molecule has 1 aliphatic rings. The minimum absolute atomic E-state index is 0.0935. The van der Waals surface area contributed by atoms with Crippen LogP contribution in [0.15, 0.2) is 12.5 Å². The zero-order valence-electron chi connectivity index (χ0n) is 11.8. The van der Waals surface area contributed by atoms with Gasteiger partial charge in [0.1, 0.15) is 0 Å². The maximum Gasteiger partial charge on any atom is 0.281 e. The molecule has 0 saturated heterocycles. The van der Waals surface area contributed by atoms with Crippen molar-refractivity contribution in [3.05, 3.63) is 18.2 Å². The first kappa shape index (κ1) is 14.4. The van der Waals surface area contributed by atoms with Gasteiger partial charge in [-0.3, -0.25) is 0 Å². The van der Waals surface area contributed by atoms with E-state index in [0.29, 0.717) is 13.1 Å². The molecule has 0 bridgehead atoms. The third-order valence-electron chi connectivity index (χ3n) is 3.26. The number of hydrogen-bond donors (Lipinski definition) is 0. The van der Waals surface area contributed by atoms with Crippen LogP contribution < -0.4 is 0 Å². The average Bonchev–Trinajstić information content (AvgIpc) is 2.76. The summed E-state index contributed by atoms with van der Waals surface area (Å²) >= 11 is 0. The first-order valence-corrected chi connectivity index (χ1v) is 7.55. The van der Waals surface area contributed by atoms with Gasteiger partial charge in [-0.1, -0.05) is 0 Å². The Balaban J connectivity index is 2.30. The Labute approximate surface area is 114 Å². The molecule has 0 N–H and O–H groups in total. The van der Waals surface area contributed by atoms with E-state index in [0.717, 1.165) is 12.2 Å². The van der Waals surface area contributed by atoms with Crippen LogP contribution in [0.4, 0.5) is 0 Å². The van der Waals surface area contributed by atoms with E-state index in [9.17, 15) is 8.42 Å². The summed E-state index contributed by atoms with van der Waals surface area (Å²) in [4.78, 5) is 6.19. The molecule has 8 heteroatoms. The maximum atomic E-state index is 12.3. The summed E-state index contributed by atoms with van der Waals surface area (Å²) in [6.45, 7) is 1.63. The summed E-state index contributed by atoms with van der Waals surface area (Å²) in [7, 11) is 3.70. The molecule has 0 aliphatic carbocycles. The fourth-order valence-corrected chi connectivity index (χ4v) is 3.44. The summed E-state index contributed by atoms with van der Waals surface area (Å²) in [6.07, 6.45) is 3.52. The van der Waals surface area contributed by atoms with Crippen LogP contribution in [0.25, 0.3) is 0 Å². The second kappa shape index (κ2) is 5.20. The Kier molecular flexibility index (Phi) is 3.95. The highest BCUT2D eigenvalue weighted by Crippen LogP contribution is 2.24. The van der Waals surface area contributed by atoms with Gasteiger partial charge in [0.05, 0.1) is 24.6 Å². The van der Waals surface area contributed by atoms with Crippen molar-refractivity contribution in [3.63, 3.8) is 0 Å². The lowest BCUT2D eigenvalue weighted by Crippen LogP contribution is -2.47. The molecule has 0 spiro atoms. The maximum absolute atomic E-state index is 12.3. The van der Waals surface area contributed by atoms with E-state index in [2.05, 4.69) is 14.5 Å². The number of likely N-dealkylation sites (N-methyl/N-ethyl adjacent to an activating group) is 1. The molecule has 0 aromatic carbocycles. The van der Waals surface area contributed by atoms with Gasteiger partial charge >= 0.3 is 0 Å². The molecular formula is C11H21N5O2S. The highest BCUT2D eigenvalue weighted by Gasteiger charge is 2.33. The first-order valence-electron chi connectivity index (χ1n) is 6.15. The molecule has 2 rings (SSSR count). The summed E-state index contributed by atoms with van der Waals surface area (Å²) in [6, 6.07) is 0.0935. The van der Waals surface area contributed by atoms with Crippen molar-refractivity contribution < 1.29 is 8.42 Å². The molecular weight excluding hydrogens is 266 g/mol. The van der Waals surface area contributed by atoms with Crippen molar-refractivity contribution in [2.75, 3.05) is 41.3 Å². The van der Waals surface area contributed by atoms with Crippen LogP contribution in [-0.2, 0) is 16.8 Å². The fraction of sp³-hybridized carbons (Fsp3) is 0.727. The third kappa shape index (κ3) is 2.81. The number of nitrogens with zero attached hydrogens (tertiary/aromatic N) is 5. The van der Waals surface area contributed by atoms with Crippen LogP contribution in [0, 0.1) is 0 Å². The second-order valence-electron chi connectivity index (χ2n) is 5.29. The summed E-state index contributed by atoms with van der Waals surface area (Å²) in [5.41, 5.74) is 0.934. The van der Waals surface area contributed by atoms with E-state index in [1.165, 1.54) is 8.61 Å². The van der Waals surface area contributed by atoms with E-state index in [1.54, 1.807) is 26.6 Å². The summed E-state index contributed by atoms with van der Waals surface area (Å²) < 4.78 is 29.4. The van der Waals surface area contributed by atoms with E-state index in [4.69, 9.17) is 0 Å². The van der Waals surface area contributed by atoms with Crippen LogP contribution in [0.2, 0.25) is 0 Å². The Morgan fingerprint density at radius 2 is 2.05 bits per heavy atom. The van der Waals surface area contributed by atoms with Crippen molar-refractivity contribution in [2.45, 2.75) is 12.6 Å². The molecule has 1 aromatic rings. The lowest BCUT2D eigenvalue weighted by molar-refractivity contribution is 0.227. The van der Waals surface area contributed by atoms with Crippen molar-refractivity contribution in [1.29, 1.82) is 0 Å². The van der Waals surface area contributed by atoms with Gasteiger partial charge in [-0.2, -0.15) is 17.0 Å². The van der Waals surface area contributed by atoms with Gasteiger partial charge < -0.3 is 9.47 Å². The van der Waals surface area contributed by atoms with Gasteiger partial charge in [0.25, 0.3) is 10.2 Å². The molecule has 1 aliphatic heterocycles. The van der Waals surface area contributed by atoms with Gasteiger partial charge in [-0.05, 0) is 14.1 Å². The van der Waals surface area contributed by atoms with E-state index < -0.39 is 10.2 Å². The largest absolute Gasteiger partial charge is 0.328 e. The quantitative estimate of drug-likeness (QED) is 0.756. The summed E-state index contributed by atoms with van der Waals surface area (Å²) in [5.74, 6) is 0. The second-order valence-corrected chi connectivity index (χ2v) is 7.43. The molecule has 1 aromatic heterocycles. The van der Waals surface area contributed by atoms with Crippen LogP contribution >= 0.6 is 0 Å². The molecule has 0 fully saturated rings. The molecule has 1 atom stereocenters. The predicted octanol–water partition coefficient (Wildman–Crippen LogP) is -0.392. The molecule has 7 nitrogen and oxygen atoms in total. The molecule has 19 heavy (non-hydrogen) atoms. The zero-order chi connectivity index (χ0) is 14.2. The highest BCUT2D eigenvalue weighted by molar-refractivity contribution is 7.86. The summed E-state index contributed by atoms with van der Waals surface area (Å²) in [5, 5.41) is 0. The molecule has 0 unspecified atom stereocenters. The Bertz CT molecular complexity index is 537. The van der Waals surface area contributed by atoms with Gasteiger partial charge in [0.15, 0.2) is 0 Å². The number of aromatic nitrogens is 2. The van der Waals surface area contributed by atoms with E-state index >= 15 is 0 Å². The molecule has 2 heterocycles. The average molecular weight is 287 g/mol. The van der Waals surface area contributed by atoms with Crippen molar-refractivity contribution in [2.24, 2.45) is 0 Å². The van der Waals surface area contributed by atoms with E-state index in [1.807, 2.05) is 14.1 Å². The van der Waals surface area contributed by atoms with Crippen LogP contribution in [-0.4, -0.2) is 72.8 Å². The molecule has 0 radical (unpaired) electrons. The number of fused-ring (bicyclic) bond motifs is 1. The normalized spacial score (nSPS) is 21.1. The van der Waals surface area contributed by atoms with Crippen molar-refractivity contribution in [1.82, 2.24) is 23.1 Å². The highest BCUT2D eigenvalue weighted by atomic mass is 32.2. The number of rotatable bonds is 4. The van der Waals surface area contributed by atoms with Gasteiger partial charge in [0.2, 0.25) is 0 Å². The van der Waals surface area contributed by atoms with Crippen LogP contribution in [0.5, 0.6) is 0 Å². The molecule has 0 amide bonds. The third-order valence-corrected chi connectivity index (χ3v) is 5.11. The smallest absolute Gasteiger partial charge is 0.281 e. The fourth-order valence-electron chi connectivity index (χ4n) is 2.33. The lowest BCUT2D eigenvalue weighted by Gasteiger charge is -2.36. The number of imidazole rings is 1. The molecule has 108 valence electrons. The van der Waals surface area contributed by atoms with E-state index in [-0.39, 0.29) is 6.04 Å². The minimum Gasteiger partial charge on any atom is -0.328 e.